The number of nitrogens with one attached hydrogen (secondary N) is 1. The van der Waals surface area contributed by atoms with E-state index in [1.165, 1.54) is 0 Å². The van der Waals surface area contributed by atoms with Gasteiger partial charge in [-0.3, -0.25) is 0 Å². The molecule has 0 aliphatic carbocycles. The van der Waals surface area contributed by atoms with Crippen LogP contribution in [-0.4, -0.2) is 44.3 Å². The molecule has 0 bridgehead atoms. The van der Waals surface area contributed by atoms with E-state index >= 15 is 0 Å². The Labute approximate surface area is 56.5 Å². The van der Waals surface area contributed by atoms with E-state index in [1.54, 1.807) is 0 Å². The molecule has 0 unspecified atom stereocenters. The first-order valence-electron chi connectivity index (χ1n) is 3.23. The Bertz CT molecular complexity index is 99.7. The molecule has 0 saturated carbocycles. The van der Waals surface area contributed by atoms with Gasteiger partial charge in [-0.15, -0.1) is 0 Å². The van der Waals surface area contributed by atoms with Crippen LogP contribution in [0.5, 0.6) is 0 Å². The van der Waals surface area contributed by atoms with Gasteiger partial charge in [-0.25, -0.2) is 4.39 Å². The molecular weight excluding hydrogens is 119 g/mol. The summed E-state index contributed by atoms with van der Waals surface area (Å²) in [5.74, 6) is 0. The fourth-order valence-corrected chi connectivity index (χ4v) is 1.14. The molecule has 56 valence electrons. The third-order valence-electron chi connectivity index (χ3n) is 1.77. The molecule has 1 heterocycles. The first-order chi connectivity index (χ1) is 4.22. The van der Waals surface area contributed by atoms with Crippen LogP contribution in [0.25, 0.3) is 0 Å². The fourth-order valence-electron chi connectivity index (χ4n) is 1.14. The van der Waals surface area contributed by atoms with E-state index in [0.29, 0.717) is 6.54 Å². The summed E-state index contributed by atoms with van der Waals surface area (Å²) in [5.41, 5.74) is 0. The van der Waals surface area contributed by atoms with Crippen molar-refractivity contribution in [3.05, 3.63) is 0 Å². The van der Waals surface area contributed by atoms with E-state index in [-0.39, 0.29) is 7.47 Å². The lowest BCUT2D eigenvalue weighted by molar-refractivity contribution is 0.202. The van der Waals surface area contributed by atoms with Gasteiger partial charge in [-0.05, 0) is 14.1 Å². The number of alkyl halides is 1. The SMILES string of the molecule is CN(C)[C@@H]1CNC[C@H]1F.[HH]. The number of likely N-dealkylation sites (N-methyl/N-ethyl adjacent to an activating group) is 1. The lowest BCUT2D eigenvalue weighted by Gasteiger charge is -2.19. The van der Waals surface area contributed by atoms with Gasteiger partial charge < -0.3 is 10.2 Å². The van der Waals surface area contributed by atoms with Crippen LogP contribution >= 0.6 is 0 Å². The zero-order chi connectivity index (χ0) is 6.85. The van der Waals surface area contributed by atoms with Crippen LogP contribution in [0.15, 0.2) is 0 Å². The van der Waals surface area contributed by atoms with Gasteiger partial charge in [0.25, 0.3) is 0 Å². The van der Waals surface area contributed by atoms with Crippen molar-refractivity contribution in [3.63, 3.8) is 0 Å². The standard InChI is InChI=1S/C6H13FN2.H2/c1-9(2)6-4-8-3-5(6)7;/h5-6,8H,3-4H2,1-2H3;1H/t5-,6-;/m1./s1. The molecule has 0 radical (unpaired) electrons. The molecule has 0 aromatic heterocycles. The Morgan fingerprint density at radius 2 is 2.22 bits per heavy atom. The Balaban J connectivity index is 0.000000810. The van der Waals surface area contributed by atoms with E-state index in [4.69, 9.17) is 0 Å². The molecule has 0 spiro atoms. The molecule has 1 rings (SSSR count). The van der Waals surface area contributed by atoms with E-state index < -0.39 is 6.17 Å². The Kier molecular flexibility index (Phi) is 2.03. The van der Waals surface area contributed by atoms with Gasteiger partial charge >= 0.3 is 0 Å². The van der Waals surface area contributed by atoms with E-state index in [1.807, 2.05) is 19.0 Å². The largest absolute Gasteiger partial charge is 0.312 e. The zero-order valence-corrected chi connectivity index (χ0v) is 5.89. The number of nitrogens with zero attached hydrogens (tertiary/aromatic N) is 1. The summed E-state index contributed by atoms with van der Waals surface area (Å²) >= 11 is 0. The highest BCUT2D eigenvalue weighted by molar-refractivity contribution is 4.86. The quantitative estimate of drug-likeness (QED) is 0.547. The molecular formula is C6H15FN2. The second-order valence-corrected chi connectivity index (χ2v) is 2.71. The minimum Gasteiger partial charge on any atom is -0.312 e. The molecule has 1 N–H and O–H groups in total. The highest BCUT2D eigenvalue weighted by atomic mass is 19.1. The third-order valence-corrected chi connectivity index (χ3v) is 1.77. The van der Waals surface area contributed by atoms with Crippen molar-refractivity contribution in [1.29, 1.82) is 0 Å². The molecule has 1 aliphatic rings. The summed E-state index contributed by atoms with van der Waals surface area (Å²) in [6, 6.07) is 0.0880. The first-order valence-corrected chi connectivity index (χ1v) is 3.23. The van der Waals surface area contributed by atoms with Crippen molar-refractivity contribution < 1.29 is 5.82 Å². The summed E-state index contributed by atoms with van der Waals surface area (Å²) in [7, 11) is 3.81. The predicted molar refractivity (Wildman–Crippen MR) is 37.4 cm³/mol. The number of hydrogen-bond donors (Lipinski definition) is 1. The van der Waals surface area contributed by atoms with Crippen molar-refractivity contribution in [3.8, 4) is 0 Å². The second-order valence-electron chi connectivity index (χ2n) is 2.71. The van der Waals surface area contributed by atoms with Gasteiger partial charge in [-0.2, -0.15) is 0 Å². The topological polar surface area (TPSA) is 15.3 Å². The summed E-state index contributed by atoms with van der Waals surface area (Å²) in [6.07, 6.45) is -0.681. The van der Waals surface area contributed by atoms with Crippen LogP contribution in [0, 0.1) is 0 Å². The van der Waals surface area contributed by atoms with E-state index in [2.05, 4.69) is 5.32 Å². The van der Waals surface area contributed by atoms with Crippen LogP contribution in [0.4, 0.5) is 4.39 Å². The monoisotopic (exact) mass is 134 g/mol. The highest BCUT2D eigenvalue weighted by Crippen LogP contribution is 2.08. The highest BCUT2D eigenvalue weighted by Gasteiger charge is 2.27. The molecule has 2 nitrogen and oxygen atoms in total. The maximum absolute atomic E-state index is 12.7. The average molecular weight is 134 g/mol. The summed E-state index contributed by atoms with van der Waals surface area (Å²) in [5, 5.41) is 2.99. The van der Waals surface area contributed by atoms with Crippen LogP contribution in [0.3, 0.4) is 0 Å². The van der Waals surface area contributed by atoms with Crippen molar-refractivity contribution in [2.24, 2.45) is 0 Å². The van der Waals surface area contributed by atoms with Gasteiger partial charge in [0.15, 0.2) is 0 Å². The average Bonchev–Trinajstić information content (AvgIpc) is 2.13. The van der Waals surface area contributed by atoms with E-state index in [0.717, 1.165) is 6.54 Å². The Morgan fingerprint density at radius 1 is 1.56 bits per heavy atom. The minimum absolute atomic E-state index is 0. The Hall–Kier alpha value is -0.150. The maximum atomic E-state index is 12.7. The van der Waals surface area contributed by atoms with Crippen LogP contribution < -0.4 is 5.32 Å². The van der Waals surface area contributed by atoms with Crippen molar-refractivity contribution in [1.82, 2.24) is 10.2 Å². The van der Waals surface area contributed by atoms with Gasteiger partial charge in [-0.1, -0.05) is 0 Å². The normalized spacial score (nSPS) is 36.0. The summed E-state index contributed by atoms with van der Waals surface area (Å²) in [4.78, 5) is 1.92. The molecule has 1 aliphatic heterocycles. The van der Waals surface area contributed by atoms with Gasteiger partial charge in [0.1, 0.15) is 6.17 Å². The molecule has 0 amide bonds. The van der Waals surface area contributed by atoms with Crippen molar-refractivity contribution >= 4 is 0 Å². The van der Waals surface area contributed by atoms with Crippen molar-refractivity contribution in [2.75, 3.05) is 27.2 Å². The molecule has 2 atom stereocenters. The van der Waals surface area contributed by atoms with Gasteiger partial charge in [0.2, 0.25) is 0 Å². The van der Waals surface area contributed by atoms with Gasteiger partial charge in [0.05, 0.1) is 6.04 Å². The van der Waals surface area contributed by atoms with Crippen LogP contribution in [0.1, 0.15) is 1.43 Å². The van der Waals surface area contributed by atoms with Gasteiger partial charge in [0, 0.05) is 14.5 Å². The van der Waals surface area contributed by atoms with Crippen LogP contribution in [0.2, 0.25) is 0 Å². The number of rotatable bonds is 1. The lowest BCUT2D eigenvalue weighted by atomic mass is 10.2. The maximum Gasteiger partial charge on any atom is 0.129 e. The van der Waals surface area contributed by atoms with Crippen molar-refractivity contribution in [2.45, 2.75) is 12.2 Å². The molecule has 0 aromatic rings. The molecule has 3 heteroatoms. The predicted octanol–water partition coefficient (Wildman–Crippen LogP) is 0.104. The third kappa shape index (κ3) is 1.40. The fraction of sp³-hybridized carbons (Fsp3) is 1.00. The number of halogens is 1. The number of hydrogen-bond acceptors (Lipinski definition) is 2. The molecule has 9 heavy (non-hydrogen) atoms. The Morgan fingerprint density at radius 3 is 2.44 bits per heavy atom. The molecule has 1 fully saturated rings. The first kappa shape index (κ1) is 6.96. The zero-order valence-electron chi connectivity index (χ0n) is 5.89. The van der Waals surface area contributed by atoms with Crippen LogP contribution in [-0.2, 0) is 0 Å². The smallest absolute Gasteiger partial charge is 0.129 e. The van der Waals surface area contributed by atoms with E-state index in [9.17, 15) is 4.39 Å². The molecule has 1 saturated heterocycles. The minimum atomic E-state index is -0.681. The lowest BCUT2D eigenvalue weighted by Crippen LogP contribution is -2.35. The second kappa shape index (κ2) is 2.62. The summed E-state index contributed by atoms with van der Waals surface area (Å²) in [6.45, 7) is 1.30. The summed E-state index contributed by atoms with van der Waals surface area (Å²) < 4.78 is 12.7. The molecule has 0 aromatic carbocycles.